The highest BCUT2D eigenvalue weighted by molar-refractivity contribution is 7.17. The summed E-state index contributed by atoms with van der Waals surface area (Å²) < 4.78 is 1.51. The number of para-hydroxylation sites is 1. The topological polar surface area (TPSA) is 106 Å². The fourth-order valence-corrected chi connectivity index (χ4v) is 3.59. The fourth-order valence-electron chi connectivity index (χ4n) is 2.75. The zero-order valence-electron chi connectivity index (χ0n) is 13.0. The molecule has 0 spiro atoms. The third-order valence-corrected chi connectivity index (χ3v) is 4.92. The lowest BCUT2D eigenvalue weighted by Gasteiger charge is -2.24. The first kappa shape index (κ1) is 14.9. The summed E-state index contributed by atoms with van der Waals surface area (Å²) in [4.78, 5) is 6.50. The number of rotatable bonds is 3. The van der Waals surface area contributed by atoms with Crippen LogP contribution in [-0.4, -0.2) is 43.2 Å². The number of benzene rings is 1. The Kier molecular flexibility index (Phi) is 3.77. The molecule has 1 fully saturated rings. The van der Waals surface area contributed by atoms with E-state index in [1.165, 1.54) is 22.4 Å². The van der Waals surface area contributed by atoms with E-state index < -0.39 is 0 Å². The normalized spacial score (nSPS) is 14.9. The van der Waals surface area contributed by atoms with Gasteiger partial charge in [0.2, 0.25) is 17.0 Å². The average Bonchev–Trinajstić information content (AvgIpc) is 3.23. The lowest BCUT2D eigenvalue weighted by molar-refractivity contribution is 0.477. The summed E-state index contributed by atoms with van der Waals surface area (Å²) in [6, 6.07) is 7.02. The number of aromatic nitrogens is 5. The van der Waals surface area contributed by atoms with E-state index >= 15 is 0 Å². The largest absolute Gasteiger partial charge is 0.507 e. The molecule has 0 atom stereocenters. The van der Waals surface area contributed by atoms with Crippen LogP contribution < -0.4 is 10.6 Å². The number of hydrogen-bond donors (Lipinski definition) is 2. The number of phenolic OH excluding ortho intramolecular Hbond substituents is 1. The number of nitrogens with two attached hydrogens (primary N) is 1. The molecule has 124 valence electrons. The van der Waals surface area contributed by atoms with Crippen LogP contribution in [0.4, 0.5) is 11.9 Å². The van der Waals surface area contributed by atoms with Crippen LogP contribution in [0.5, 0.6) is 5.75 Å². The van der Waals surface area contributed by atoms with Gasteiger partial charge in [-0.25, -0.2) is 0 Å². The van der Waals surface area contributed by atoms with Gasteiger partial charge in [-0.1, -0.05) is 23.5 Å². The van der Waals surface area contributed by atoms with Crippen LogP contribution in [-0.2, 0) is 0 Å². The second-order valence-electron chi connectivity index (χ2n) is 5.64. The molecule has 2 aromatic heterocycles. The second kappa shape index (κ2) is 6.08. The second-order valence-corrected chi connectivity index (χ2v) is 6.59. The molecule has 24 heavy (non-hydrogen) atoms. The summed E-state index contributed by atoms with van der Waals surface area (Å²) in [5.74, 6) is 1.09. The standard InChI is InChI=1S/C15H17N7OS/c16-13-17-14(21-8-4-1-5-9-21)20-22(13)15-19-18-12(24-15)10-6-2-3-7-11(10)23/h2-3,6-7,23H,1,4-5,8-9H2,(H2,16,17,20). The summed E-state index contributed by atoms with van der Waals surface area (Å²) in [7, 11) is 0. The molecule has 0 unspecified atom stereocenters. The van der Waals surface area contributed by atoms with Crippen molar-refractivity contribution < 1.29 is 5.11 Å². The predicted molar refractivity (Wildman–Crippen MR) is 92.4 cm³/mol. The molecular weight excluding hydrogens is 326 g/mol. The van der Waals surface area contributed by atoms with Crippen LogP contribution in [0.15, 0.2) is 24.3 Å². The minimum absolute atomic E-state index is 0.167. The maximum absolute atomic E-state index is 9.95. The minimum Gasteiger partial charge on any atom is -0.507 e. The Balaban J connectivity index is 1.65. The van der Waals surface area contributed by atoms with Crippen LogP contribution in [0.25, 0.3) is 15.7 Å². The van der Waals surface area contributed by atoms with Crippen molar-refractivity contribution in [3.63, 3.8) is 0 Å². The number of nitrogen functional groups attached to an aromatic ring is 1. The monoisotopic (exact) mass is 343 g/mol. The molecule has 1 aliphatic rings. The van der Waals surface area contributed by atoms with E-state index in [0.29, 0.717) is 21.7 Å². The quantitative estimate of drug-likeness (QED) is 0.749. The van der Waals surface area contributed by atoms with Gasteiger partial charge in [-0.15, -0.1) is 15.3 Å². The summed E-state index contributed by atoms with van der Waals surface area (Å²) in [5, 5.41) is 23.8. The fraction of sp³-hybridized carbons (Fsp3) is 0.333. The molecule has 0 aliphatic carbocycles. The maximum Gasteiger partial charge on any atom is 0.247 e. The van der Waals surface area contributed by atoms with E-state index in [1.54, 1.807) is 18.2 Å². The van der Waals surface area contributed by atoms with Crippen molar-refractivity contribution in [3.8, 4) is 21.5 Å². The van der Waals surface area contributed by atoms with E-state index in [2.05, 4.69) is 25.2 Å². The van der Waals surface area contributed by atoms with E-state index in [4.69, 9.17) is 5.73 Å². The molecule has 9 heteroatoms. The Morgan fingerprint density at radius 2 is 1.88 bits per heavy atom. The third kappa shape index (κ3) is 2.67. The Bertz CT molecular complexity index is 853. The summed E-state index contributed by atoms with van der Waals surface area (Å²) in [6.07, 6.45) is 3.53. The number of piperidine rings is 1. The molecule has 3 aromatic rings. The first-order chi connectivity index (χ1) is 11.7. The van der Waals surface area contributed by atoms with Crippen molar-refractivity contribution in [1.29, 1.82) is 0 Å². The summed E-state index contributed by atoms with van der Waals surface area (Å²) in [6.45, 7) is 1.89. The molecule has 0 saturated carbocycles. The molecule has 1 aliphatic heterocycles. The van der Waals surface area contributed by atoms with Gasteiger partial charge in [0.1, 0.15) is 5.75 Å². The summed E-state index contributed by atoms with van der Waals surface area (Å²) >= 11 is 1.31. The van der Waals surface area contributed by atoms with Crippen molar-refractivity contribution >= 4 is 23.2 Å². The average molecular weight is 343 g/mol. The predicted octanol–water partition coefficient (Wildman–Crippen LogP) is 2.06. The molecular formula is C15H17N7OS. The number of aromatic hydroxyl groups is 1. The van der Waals surface area contributed by atoms with Crippen LogP contribution in [0.2, 0.25) is 0 Å². The Morgan fingerprint density at radius 3 is 2.67 bits per heavy atom. The van der Waals surface area contributed by atoms with E-state index in [1.807, 2.05) is 6.07 Å². The van der Waals surface area contributed by atoms with Crippen molar-refractivity contribution in [2.45, 2.75) is 19.3 Å². The number of anilines is 2. The van der Waals surface area contributed by atoms with Crippen molar-refractivity contribution in [3.05, 3.63) is 24.3 Å². The van der Waals surface area contributed by atoms with Gasteiger partial charge in [-0.3, -0.25) is 0 Å². The highest BCUT2D eigenvalue weighted by Gasteiger charge is 2.20. The van der Waals surface area contributed by atoms with Gasteiger partial charge in [-0.05, 0) is 31.4 Å². The Hall–Kier alpha value is -2.68. The highest BCUT2D eigenvalue weighted by atomic mass is 32.1. The smallest absolute Gasteiger partial charge is 0.247 e. The molecule has 1 aromatic carbocycles. The zero-order valence-corrected chi connectivity index (χ0v) is 13.8. The summed E-state index contributed by atoms with van der Waals surface area (Å²) in [5.41, 5.74) is 6.65. The third-order valence-electron chi connectivity index (χ3n) is 3.99. The maximum atomic E-state index is 9.95. The molecule has 4 rings (SSSR count). The van der Waals surface area contributed by atoms with Gasteiger partial charge < -0.3 is 15.7 Å². The lowest BCUT2D eigenvalue weighted by Crippen LogP contribution is -2.30. The SMILES string of the molecule is Nc1nc(N2CCCCC2)nn1-c1nnc(-c2ccccc2O)s1. The van der Waals surface area contributed by atoms with Gasteiger partial charge in [-0.2, -0.15) is 9.67 Å². The molecule has 0 bridgehead atoms. The molecule has 1 saturated heterocycles. The van der Waals surface area contributed by atoms with Crippen LogP contribution >= 0.6 is 11.3 Å². The lowest BCUT2D eigenvalue weighted by atomic mass is 10.1. The number of hydrogen-bond acceptors (Lipinski definition) is 8. The number of nitrogens with zero attached hydrogens (tertiary/aromatic N) is 6. The van der Waals surface area contributed by atoms with Crippen molar-refractivity contribution in [2.24, 2.45) is 0 Å². The molecule has 8 nitrogen and oxygen atoms in total. The van der Waals surface area contributed by atoms with Gasteiger partial charge in [0.05, 0.1) is 5.56 Å². The van der Waals surface area contributed by atoms with Crippen LogP contribution in [0.1, 0.15) is 19.3 Å². The zero-order chi connectivity index (χ0) is 16.5. The Labute approximate surface area is 142 Å². The van der Waals surface area contributed by atoms with Crippen LogP contribution in [0.3, 0.4) is 0 Å². The van der Waals surface area contributed by atoms with E-state index in [9.17, 15) is 5.11 Å². The van der Waals surface area contributed by atoms with E-state index in [-0.39, 0.29) is 11.7 Å². The molecule has 0 radical (unpaired) electrons. The number of phenols is 1. The molecule has 3 N–H and O–H groups in total. The van der Waals surface area contributed by atoms with Gasteiger partial charge in [0.25, 0.3) is 0 Å². The molecule has 0 amide bonds. The first-order valence-corrected chi connectivity index (χ1v) is 8.64. The van der Waals surface area contributed by atoms with Gasteiger partial charge in [0.15, 0.2) is 5.01 Å². The highest BCUT2D eigenvalue weighted by Crippen LogP contribution is 2.32. The van der Waals surface area contributed by atoms with E-state index in [0.717, 1.165) is 25.9 Å². The van der Waals surface area contributed by atoms with Crippen LogP contribution in [0, 0.1) is 0 Å². The van der Waals surface area contributed by atoms with Gasteiger partial charge >= 0.3 is 0 Å². The first-order valence-electron chi connectivity index (χ1n) is 7.82. The Morgan fingerprint density at radius 1 is 1.08 bits per heavy atom. The van der Waals surface area contributed by atoms with Gasteiger partial charge in [0, 0.05) is 13.1 Å². The molecule has 3 heterocycles. The van der Waals surface area contributed by atoms with Crippen molar-refractivity contribution in [1.82, 2.24) is 25.0 Å². The van der Waals surface area contributed by atoms with Crippen molar-refractivity contribution in [2.75, 3.05) is 23.7 Å². The minimum atomic E-state index is 0.167.